The molecule has 4 nitrogen and oxygen atoms in total. The maximum absolute atomic E-state index is 12.8. The number of para-hydroxylation sites is 1. The monoisotopic (exact) mass is 388 g/mol. The van der Waals surface area contributed by atoms with Gasteiger partial charge in [-0.15, -0.1) is 0 Å². The fourth-order valence-corrected chi connectivity index (χ4v) is 4.10. The van der Waals surface area contributed by atoms with Gasteiger partial charge in [-0.25, -0.2) is 0 Å². The Morgan fingerprint density at radius 3 is 2.62 bits per heavy atom. The summed E-state index contributed by atoms with van der Waals surface area (Å²) in [4.78, 5) is 27.2. The number of carbonyl (C=O) groups is 2. The lowest BCUT2D eigenvalue weighted by atomic mass is 9.89. The predicted molar refractivity (Wildman–Crippen MR) is 116 cm³/mol. The van der Waals surface area contributed by atoms with Gasteiger partial charge in [0.25, 0.3) is 5.91 Å². The van der Waals surface area contributed by atoms with Crippen LogP contribution in [0.2, 0.25) is 0 Å². The summed E-state index contributed by atoms with van der Waals surface area (Å²) in [5.41, 5.74) is 3.50. The summed E-state index contributed by atoms with van der Waals surface area (Å²) in [6.45, 7) is 1.65. The van der Waals surface area contributed by atoms with E-state index in [-0.39, 0.29) is 23.7 Å². The van der Waals surface area contributed by atoms with E-state index in [0.717, 1.165) is 44.5 Å². The second kappa shape index (κ2) is 9.19. The molecule has 4 heteroatoms. The van der Waals surface area contributed by atoms with Crippen molar-refractivity contribution >= 4 is 17.4 Å². The lowest BCUT2D eigenvalue weighted by molar-refractivity contribution is -0.123. The summed E-state index contributed by atoms with van der Waals surface area (Å²) in [6.07, 6.45) is 7.73. The number of nitrogens with one attached hydrogen (secondary N) is 1. The molecular weight excluding hydrogens is 360 g/mol. The smallest absolute Gasteiger partial charge is 0.250 e. The lowest BCUT2D eigenvalue weighted by Gasteiger charge is -2.27. The van der Waals surface area contributed by atoms with E-state index < -0.39 is 0 Å². The Balaban J connectivity index is 1.42. The SMILES string of the molecule is O=C(C[C@H](/C=C/C(=O)N1CCc2ccccc21)CCc1ccccc1)[C@@H]1CCN1. The van der Waals surface area contributed by atoms with Gasteiger partial charge in [-0.1, -0.05) is 54.6 Å². The molecule has 2 aromatic rings. The van der Waals surface area contributed by atoms with Crippen LogP contribution in [-0.4, -0.2) is 30.8 Å². The van der Waals surface area contributed by atoms with E-state index in [1.54, 1.807) is 6.08 Å². The largest absolute Gasteiger partial charge is 0.308 e. The number of allylic oxidation sites excluding steroid dienone is 1. The quantitative estimate of drug-likeness (QED) is 0.702. The maximum atomic E-state index is 12.8. The highest BCUT2D eigenvalue weighted by Crippen LogP contribution is 2.28. The van der Waals surface area contributed by atoms with Crippen LogP contribution in [0.4, 0.5) is 5.69 Å². The number of carbonyl (C=O) groups excluding carboxylic acids is 2. The Morgan fingerprint density at radius 1 is 1.10 bits per heavy atom. The summed E-state index contributed by atoms with van der Waals surface area (Å²) < 4.78 is 0. The molecule has 2 heterocycles. The second-order valence-corrected chi connectivity index (χ2v) is 7.98. The summed E-state index contributed by atoms with van der Waals surface area (Å²) >= 11 is 0. The van der Waals surface area contributed by atoms with Crippen molar-refractivity contribution in [1.82, 2.24) is 5.32 Å². The molecule has 150 valence electrons. The average Bonchev–Trinajstić information content (AvgIpc) is 3.13. The number of rotatable bonds is 8. The van der Waals surface area contributed by atoms with E-state index in [2.05, 4.69) is 23.5 Å². The highest BCUT2D eigenvalue weighted by Gasteiger charge is 2.26. The first-order chi connectivity index (χ1) is 14.2. The summed E-state index contributed by atoms with van der Waals surface area (Å²) in [6, 6.07) is 18.4. The molecule has 0 aromatic heterocycles. The normalized spacial score (nSPS) is 19.0. The molecule has 0 saturated carbocycles. The topological polar surface area (TPSA) is 49.4 Å². The summed E-state index contributed by atoms with van der Waals surface area (Å²) in [7, 11) is 0. The summed E-state index contributed by atoms with van der Waals surface area (Å²) in [5.74, 6) is 0.346. The molecule has 2 atom stereocenters. The first-order valence-corrected chi connectivity index (χ1v) is 10.6. The van der Waals surface area contributed by atoms with Crippen LogP contribution in [0, 0.1) is 5.92 Å². The zero-order valence-electron chi connectivity index (χ0n) is 16.7. The van der Waals surface area contributed by atoms with Gasteiger partial charge in [0.05, 0.1) is 6.04 Å². The van der Waals surface area contributed by atoms with Gasteiger partial charge >= 0.3 is 0 Å². The standard InChI is InChI=1S/C25H28N2O2/c28-24(22-14-16-26-22)18-20(11-10-19-6-2-1-3-7-19)12-13-25(29)27-17-15-21-8-4-5-9-23(21)27/h1-9,12-13,20,22,26H,10-11,14-18H2/b13-12+/t20-,22-/m0/s1. The van der Waals surface area contributed by atoms with E-state index >= 15 is 0 Å². The van der Waals surface area contributed by atoms with Crippen LogP contribution in [0.1, 0.15) is 30.4 Å². The van der Waals surface area contributed by atoms with Crippen LogP contribution in [0.15, 0.2) is 66.7 Å². The predicted octanol–water partition coefficient (Wildman–Crippen LogP) is 3.70. The van der Waals surface area contributed by atoms with E-state index in [1.165, 1.54) is 11.1 Å². The van der Waals surface area contributed by atoms with E-state index in [9.17, 15) is 9.59 Å². The van der Waals surface area contributed by atoms with Gasteiger partial charge < -0.3 is 10.2 Å². The zero-order valence-corrected chi connectivity index (χ0v) is 16.7. The van der Waals surface area contributed by atoms with Crippen molar-refractivity contribution in [1.29, 1.82) is 0 Å². The fraction of sp³-hybridized carbons (Fsp3) is 0.360. The van der Waals surface area contributed by atoms with Crippen LogP contribution in [-0.2, 0) is 22.4 Å². The third-order valence-electron chi connectivity index (χ3n) is 5.99. The number of hydrogen-bond donors (Lipinski definition) is 1. The van der Waals surface area contributed by atoms with Crippen molar-refractivity contribution in [3.63, 3.8) is 0 Å². The fourth-order valence-electron chi connectivity index (χ4n) is 4.10. The van der Waals surface area contributed by atoms with Crippen molar-refractivity contribution in [2.75, 3.05) is 18.0 Å². The highest BCUT2D eigenvalue weighted by molar-refractivity contribution is 6.02. The molecule has 0 aliphatic carbocycles. The van der Waals surface area contributed by atoms with Crippen molar-refractivity contribution in [2.24, 2.45) is 5.92 Å². The number of benzene rings is 2. The Kier molecular flexibility index (Phi) is 6.20. The van der Waals surface area contributed by atoms with Crippen LogP contribution in [0.3, 0.4) is 0 Å². The molecule has 0 unspecified atom stereocenters. The van der Waals surface area contributed by atoms with Gasteiger partial charge in [0.15, 0.2) is 0 Å². The van der Waals surface area contributed by atoms with Gasteiger partial charge in [0.2, 0.25) is 0 Å². The van der Waals surface area contributed by atoms with Gasteiger partial charge in [-0.05, 0) is 61.4 Å². The molecule has 2 aliphatic rings. The Morgan fingerprint density at radius 2 is 1.86 bits per heavy atom. The zero-order chi connectivity index (χ0) is 20.1. The molecule has 1 amide bonds. The van der Waals surface area contributed by atoms with E-state index in [4.69, 9.17) is 0 Å². The third kappa shape index (κ3) is 4.83. The number of Topliss-reactive ketones (excluding diaryl/α,β-unsaturated/α-hetero) is 1. The number of anilines is 1. The molecule has 2 aliphatic heterocycles. The maximum Gasteiger partial charge on any atom is 0.250 e. The number of nitrogens with zero attached hydrogens (tertiary/aromatic N) is 1. The Hall–Kier alpha value is -2.72. The number of fused-ring (bicyclic) bond motifs is 1. The number of amides is 1. The first kappa shape index (κ1) is 19.6. The average molecular weight is 389 g/mol. The van der Waals surface area contributed by atoms with Crippen molar-refractivity contribution in [3.8, 4) is 0 Å². The van der Waals surface area contributed by atoms with Crippen molar-refractivity contribution in [3.05, 3.63) is 77.9 Å². The highest BCUT2D eigenvalue weighted by atomic mass is 16.2. The van der Waals surface area contributed by atoms with Gasteiger partial charge in [-0.3, -0.25) is 9.59 Å². The molecule has 2 aromatic carbocycles. The van der Waals surface area contributed by atoms with Gasteiger partial charge in [-0.2, -0.15) is 0 Å². The number of aryl methyl sites for hydroxylation is 1. The van der Waals surface area contributed by atoms with Crippen LogP contribution < -0.4 is 10.2 Å². The van der Waals surface area contributed by atoms with Gasteiger partial charge in [0.1, 0.15) is 5.78 Å². The molecule has 0 bridgehead atoms. The minimum atomic E-state index is 0.00351. The molecule has 4 rings (SSSR count). The van der Waals surface area contributed by atoms with Crippen molar-refractivity contribution in [2.45, 2.75) is 38.1 Å². The minimum absolute atomic E-state index is 0.00351. The molecular formula is C25H28N2O2. The van der Waals surface area contributed by atoms with Gasteiger partial charge in [0, 0.05) is 18.7 Å². The lowest BCUT2D eigenvalue weighted by Crippen LogP contribution is -2.48. The van der Waals surface area contributed by atoms with Crippen molar-refractivity contribution < 1.29 is 9.59 Å². The third-order valence-corrected chi connectivity index (χ3v) is 5.99. The minimum Gasteiger partial charge on any atom is -0.308 e. The summed E-state index contributed by atoms with van der Waals surface area (Å²) in [5, 5.41) is 3.20. The first-order valence-electron chi connectivity index (χ1n) is 10.6. The molecule has 1 N–H and O–H groups in total. The van der Waals surface area contributed by atoms with E-state index in [1.807, 2.05) is 47.4 Å². The second-order valence-electron chi connectivity index (χ2n) is 7.98. The van der Waals surface area contributed by atoms with Crippen LogP contribution in [0.25, 0.3) is 0 Å². The Bertz CT molecular complexity index is 887. The number of ketones is 1. The molecule has 1 fully saturated rings. The van der Waals surface area contributed by atoms with Crippen LogP contribution >= 0.6 is 0 Å². The van der Waals surface area contributed by atoms with E-state index in [0.29, 0.717) is 6.42 Å². The molecule has 29 heavy (non-hydrogen) atoms. The molecule has 0 spiro atoms. The Labute approximate surface area is 172 Å². The van der Waals surface area contributed by atoms with Crippen LogP contribution in [0.5, 0.6) is 0 Å². The molecule has 0 radical (unpaired) electrons. The number of hydrogen-bond acceptors (Lipinski definition) is 3. The molecule has 1 saturated heterocycles.